The molecule has 90 valence electrons. The van der Waals surface area contributed by atoms with E-state index in [1.807, 2.05) is 12.1 Å². The Bertz CT molecular complexity index is 565. The maximum Gasteiger partial charge on any atom is 0.349 e. The smallest absolute Gasteiger partial charge is 0.301 e. The summed E-state index contributed by atoms with van der Waals surface area (Å²) in [5.41, 5.74) is 0.805. The molecule has 17 heavy (non-hydrogen) atoms. The predicted molar refractivity (Wildman–Crippen MR) is 65.1 cm³/mol. The quantitative estimate of drug-likeness (QED) is 0.778. The third-order valence-electron chi connectivity index (χ3n) is 3.36. The van der Waals surface area contributed by atoms with E-state index in [0.29, 0.717) is 6.54 Å². The summed E-state index contributed by atoms with van der Waals surface area (Å²) in [7, 11) is 0. The second kappa shape index (κ2) is 4.33. The largest absolute Gasteiger partial charge is 0.349 e. The molecule has 1 fully saturated rings. The Kier molecular flexibility index (Phi) is 2.68. The number of hydrogen-bond donors (Lipinski definition) is 0. The van der Waals surface area contributed by atoms with E-state index < -0.39 is 0 Å². The van der Waals surface area contributed by atoms with Crippen molar-refractivity contribution in [3.05, 3.63) is 35.0 Å². The summed E-state index contributed by atoms with van der Waals surface area (Å²) in [5.74, 6) is 0. The fourth-order valence-corrected chi connectivity index (χ4v) is 2.37. The molecule has 1 saturated heterocycles. The topological polar surface area (TPSA) is 42.5 Å². The Hall–Kier alpha value is -1.62. The summed E-state index contributed by atoms with van der Waals surface area (Å²) < 4.78 is 3.18. The van der Waals surface area contributed by atoms with E-state index in [1.54, 1.807) is 21.5 Å². The fourth-order valence-electron chi connectivity index (χ4n) is 2.37. The molecule has 2 aromatic heterocycles. The number of aromatic nitrogens is 3. The van der Waals surface area contributed by atoms with Crippen molar-refractivity contribution in [1.82, 2.24) is 19.1 Å². The second-order valence-corrected chi connectivity index (χ2v) is 4.50. The van der Waals surface area contributed by atoms with Crippen LogP contribution in [0.15, 0.2) is 29.3 Å². The Balaban J connectivity index is 1.80. The van der Waals surface area contributed by atoms with Crippen molar-refractivity contribution >= 4 is 5.52 Å². The van der Waals surface area contributed by atoms with Crippen LogP contribution < -0.4 is 5.69 Å². The molecule has 0 spiro atoms. The molecule has 3 heterocycles. The minimum Gasteiger partial charge on any atom is -0.301 e. The molecule has 5 heteroatoms. The van der Waals surface area contributed by atoms with Crippen LogP contribution in [0.3, 0.4) is 0 Å². The second-order valence-electron chi connectivity index (χ2n) is 4.50. The molecular formula is C12H16N4O. The van der Waals surface area contributed by atoms with Crippen LogP contribution >= 0.6 is 0 Å². The van der Waals surface area contributed by atoms with Gasteiger partial charge in [-0.2, -0.15) is 5.10 Å². The van der Waals surface area contributed by atoms with Crippen LogP contribution in [0.1, 0.15) is 12.8 Å². The average Bonchev–Trinajstić information content (AvgIpc) is 2.99. The van der Waals surface area contributed by atoms with Gasteiger partial charge >= 0.3 is 5.69 Å². The van der Waals surface area contributed by atoms with Gasteiger partial charge in [-0.05, 0) is 38.1 Å². The molecule has 0 aromatic carbocycles. The molecule has 0 atom stereocenters. The first-order chi connectivity index (χ1) is 8.34. The van der Waals surface area contributed by atoms with Crippen LogP contribution in [0.25, 0.3) is 5.52 Å². The molecule has 5 nitrogen and oxygen atoms in total. The van der Waals surface area contributed by atoms with E-state index in [-0.39, 0.29) is 5.69 Å². The van der Waals surface area contributed by atoms with Crippen molar-refractivity contribution < 1.29 is 0 Å². The highest BCUT2D eigenvalue weighted by Crippen LogP contribution is 2.06. The van der Waals surface area contributed by atoms with Gasteiger partial charge in [0.25, 0.3) is 0 Å². The predicted octanol–water partition coefficient (Wildman–Crippen LogP) is 0.592. The first-order valence-electron chi connectivity index (χ1n) is 6.10. The molecule has 1 aliphatic rings. The van der Waals surface area contributed by atoms with Gasteiger partial charge in [0.2, 0.25) is 0 Å². The summed E-state index contributed by atoms with van der Waals surface area (Å²) in [6, 6.07) is 3.75. The first-order valence-corrected chi connectivity index (χ1v) is 6.10. The van der Waals surface area contributed by atoms with Crippen molar-refractivity contribution in [2.75, 3.05) is 19.6 Å². The highest BCUT2D eigenvalue weighted by Gasteiger charge is 2.11. The van der Waals surface area contributed by atoms with E-state index in [4.69, 9.17) is 0 Å². The van der Waals surface area contributed by atoms with Gasteiger partial charge in [0.05, 0.1) is 18.3 Å². The summed E-state index contributed by atoms with van der Waals surface area (Å²) >= 11 is 0. The van der Waals surface area contributed by atoms with E-state index in [1.165, 1.54) is 12.8 Å². The van der Waals surface area contributed by atoms with Gasteiger partial charge in [-0.15, -0.1) is 0 Å². The van der Waals surface area contributed by atoms with Gasteiger partial charge in [0.1, 0.15) is 0 Å². The van der Waals surface area contributed by atoms with Crippen LogP contribution in [0.5, 0.6) is 0 Å². The number of fused-ring (bicyclic) bond motifs is 1. The summed E-state index contributed by atoms with van der Waals surface area (Å²) in [6.07, 6.45) is 6.08. The van der Waals surface area contributed by atoms with E-state index >= 15 is 0 Å². The Morgan fingerprint density at radius 1 is 1.24 bits per heavy atom. The minimum absolute atomic E-state index is 0.0494. The van der Waals surface area contributed by atoms with Crippen molar-refractivity contribution in [3.8, 4) is 0 Å². The van der Waals surface area contributed by atoms with Crippen LogP contribution in [-0.2, 0) is 6.54 Å². The highest BCUT2D eigenvalue weighted by atomic mass is 16.2. The minimum atomic E-state index is -0.0494. The molecule has 0 amide bonds. The van der Waals surface area contributed by atoms with Crippen LogP contribution in [-0.4, -0.2) is 38.7 Å². The van der Waals surface area contributed by atoms with Gasteiger partial charge in [-0.3, -0.25) is 4.40 Å². The third kappa shape index (κ3) is 1.98. The summed E-state index contributed by atoms with van der Waals surface area (Å²) in [5, 5.41) is 4.20. The zero-order valence-electron chi connectivity index (χ0n) is 9.75. The molecule has 0 bridgehead atoms. The Morgan fingerprint density at radius 2 is 2.06 bits per heavy atom. The molecule has 0 saturated carbocycles. The van der Waals surface area contributed by atoms with Crippen molar-refractivity contribution in [1.29, 1.82) is 0 Å². The van der Waals surface area contributed by atoms with Gasteiger partial charge in [-0.25, -0.2) is 9.48 Å². The number of likely N-dealkylation sites (tertiary alicyclic amines) is 1. The van der Waals surface area contributed by atoms with E-state index in [9.17, 15) is 4.79 Å². The van der Waals surface area contributed by atoms with Gasteiger partial charge in [0.15, 0.2) is 0 Å². The molecule has 3 rings (SSSR count). The fraction of sp³-hybridized carbons (Fsp3) is 0.500. The Morgan fingerprint density at radius 3 is 2.88 bits per heavy atom. The zero-order chi connectivity index (χ0) is 11.7. The van der Waals surface area contributed by atoms with Crippen molar-refractivity contribution in [2.45, 2.75) is 19.4 Å². The summed E-state index contributed by atoms with van der Waals surface area (Å²) in [4.78, 5) is 14.4. The first kappa shape index (κ1) is 10.5. The maximum absolute atomic E-state index is 12.0. The Labute approximate surface area is 99.3 Å². The van der Waals surface area contributed by atoms with Crippen LogP contribution in [0, 0.1) is 0 Å². The van der Waals surface area contributed by atoms with Crippen LogP contribution in [0.4, 0.5) is 0 Å². The van der Waals surface area contributed by atoms with Crippen molar-refractivity contribution in [3.63, 3.8) is 0 Å². The molecule has 0 unspecified atom stereocenters. The molecule has 0 N–H and O–H groups in total. The molecule has 0 radical (unpaired) electrons. The van der Waals surface area contributed by atoms with Gasteiger partial charge < -0.3 is 4.90 Å². The van der Waals surface area contributed by atoms with Crippen molar-refractivity contribution in [2.24, 2.45) is 0 Å². The third-order valence-corrected chi connectivity index (χ3v) is 3.36. The van der Waals surface area contributed by atoms with E-state index in [0.717, 1.165) is 25.2 Å². The number of rotatable bonds is 3. The SMILES string of the molecule is O=c1n(CCN2CCCC2)ncc2cccn12. The molecule has 0 aliphatic carbocycles. The lowest BCUT2D eigenvalue weighted by Gasteiger charge is -2.14. The van der Waals surface area contributed by atoms with Gasteiger partial charge in [-0.1, -0.05) is 0 Å². The zero-order valence-corrected chi connectivity index (χ0v) is 9.75. The maximum atomic E-state index is 12.0. The number of nitrogens with zero attached hydrogens (tertiary/aromatic N) is 4. The standard InChI is InChI=1S/C12H16N4O/c17-12-15-7-3-4-11(15)10-13-16(12)9-8-14-5-1-2-6-14/h3-4,7,10H,1-2,5-6,8-9H2. The summed E-state index contributed by atoms with van der Waals surface area (Å²) in [6.45, 7) is 3.90. The normalized spacial score (nSPS) is 16.9. The highest BCUT2D eigenvalue weighted by molar-refractivity contribution is 5.43. The van der Waals surface area contributed by atoms with Crippen LogP contribution in [0.2, 0.25) is 0 Å². The molecular weight excluding hydrogens is 216 g/mol. The lowest BCUT2D eigenvalue weighted by Crippen LogP contribution is -2.33. The lowest BCUT2D eigenvalue weighted by molar-refractivity contribution is 0.310. The lowest BCUT2D eigenvalue weighted by atomic mass is 10.4. The number of hydrogen-bond acceptors (Lipinski definition) is 3. The monoisotopic (exact) mass is 232 g/mol. The van der Waals surface area contributed by atoms with Gasteiger partial charge in [0, 0.05) is 12.7 Å². The van der Waals surface area contributed by atoms with E-state index in [2.05, 4.69) is 10.00 Å². The molecule has 2 aromatic rings. The molecule has 1 aliphatic heterocycles. The average molecular weight is 232 g/mol.